The zero-order chi connectivity index (χ0) is 24.1. The van der Waals surface area contributed by atoms with Crippen molar-refractivity contribution in [2.75, 3.05) is 26.5 Å². The van der Waals surface area contributed by atoms with Crippen LogP contribution in [0, 0.1) is 11.3 Å². The molecule has 10 heteroatoms. The van der Waals surface area contributed by atoms with E-state index >= 15 is 0 Å². The standard InChI is InChI=1S/C24H26N4O4S2/c1-31-17-8-7-15(13-18(17)32-2)9-12-28-23(30)21-16-5-3-4-6-19(16)34-22(21)27-24(28)33-14-20(29)26-11-10-25/h7-8,13H,3-6,9,11-12,14H2,1-2H3,(H,26,29). The molecule has 8 nitrogen and oxygen atoms in total. The predicted octanol–water partition coefficient (Wildman–Crippen LogP) is 3.33. The topological polar surface area (TPSA) is 106 Å². The minimum atomic E-state index is -0.266. The molecular formula is C24H26N4O4S2. The van der Waals surface area contributed by atoms with Gasteiger partial charge in [-0.2, -0.15) is 5.26 Å². The number of aromatic nitrogens is 2. The number of thioether (sulfide) groups is 1. The highest BCUT2D eigenvalue weighted by atomic mass is 32.2. The molecule has 0 fully saturated rings. The summed E-state index contributed by atoms with van der Waals surface area (Å²) in [6.07, 6.45) is 4.70. The highest BCUT2D eigenvalue weighted by molar-refractivity contribution is 7.99. The van der Waals surface area contributed by atoms with Crippen molar-refractivity contribution in [1.29, 1.82) is 5.26 Å². The summed E-state index contributed by atoms with van der Waals surface area (Å²) in [4.78, 5) is 32.6. The summed E-state index contributed by atoms with van der Waals surface area (Å²) in [7, 11) is 3.19. The Morgan fingerprint density at radius 2 is 2.06 bits per heavy atom. The number of amides is 1. The smallest absolute Gasteiger partial charge is 0.263 e. The molecule has 3 aromatic rings. The van der Waals surface area contributed by atoms with Crippen LogP contribution in [0.1, 0.15) is 28.8 Å². The van der Waals surface area contributed by atoms with Crippen molar-refractivity contribution in [3.05, 3.63) is 44.6 Å². The van der Waals surface area contributed by atoms with Gasteiger partial charge in [-0.25, -0.2) is 4.98 Å². The zero-order valence-electron chi connectivity index (χ0n) is 19.2. The van der Waals surface area contributed by atoms with E-state index < -0.39 is 0 Å². The van der Waals surface area contributed by atoms with Gasteiger partial charge < -0.3 is 14.8 Å². The molecule has 0 saturated carbocycles. The number of carbonyl (C=O) groups excluding carboxylic acids is 1. The molecule has 0 radical (unpaired) electrons. The lowest BCUT2D eigenvalue weighted by molar-refractivity contribution is -0.118. The van der Waals surface area contributed by atoms with Gasteiger partial charge in [-0.3, -0.25) is 14.2 Å². The van der Waals surface area contributed by atoms with E-state index in [9.17, 15) is 9.59 Å². The summed E-state index contributed by atoms with van der Waals surface area (Å²) in [5.41, 5.74) is 2.09. The molecule has 1 N–H and O–H groups in total. The molecule has 0 unspecified atom stereocenters. The maximum Gasteiger partial charge on any atom is 0.263 e. The maximum atomic E-state index is 13.7. The lowest BCUT2D eigenvalue weighted by Gasteiger charge is -2.14. The number of nitriles is 1. The first-order chi connectivity index (χ1) is 16.5. The van der Waals surface area contributed by atoms with Crippen molar-refractivity contribution < 1.29 is 14.3 Å². The molecular weight excluding hydrogens is 472 g/mol. The number of fused-ring (bicyclic) bond motifs is 3. The Balaban J connectivity index is 1.67. The third kappa shape index (κ3) is 5.05. The monoisotopic (exact) mass is 498 g/mol. The molecule has 0 aliphatic heterocycles. The number of nitrogens with zero attached hydrogens (tertiary/aromatic N) is 3. The fourth-order valence-corrected chi connectivity index (χ4v) is 6.28. The van der Waals surface area contributed by atoms with Crippen LogP contribution in [0.15, 0.2) is 28.2 Å². The van der Waals surface area contributed by atoms with Gasteiger partial charge >= 0.3 is 0 Å². The van der Waals surface area contributed by atoms with E-state index in [2.05, 4.69) is 5.32 Å². The molecule has 0 bridgehead atoms. The van der Waals surface area contributed by atoms with E-state index in [1.807, 2.05) is 24.3 Å². The first-order valence-electron chi connectivity index (χ1n) is 11.1. The van der Waals surface area contributed by atoms with E-state index in [0.29, 0.717) is 29.6 Å². The van der Waals surface area contributed by atoms with Crippen molar-refractivity contribution >= 4 is 39.2 Å². The van der Waals surface area contributed by atoms with E-state index in [-0.39, 0.29) is 23.8 Å². The average molecular weight is 499 g/mol. The van der Waals surface area contributed by atoms with Gasteiger partial charge in [0.1, 0.15) is 11.4 Å². The van der Waals surface area contributed by atoms with Crippen molar-refractivity contribution in [3.63, 3.8) is 0 Å². The summed E-state index contributed by atoms with van der Waals surface area (Å²) in [5.74, 6) is 1.10. The number of nitrogens with one attached hydrogen (secondary N) is 1. The molecule has 4 rings (SSSR count). The zero-order valence-corrected chi connectivity index (χ0v) is 20.8. The van der Waals surface area contributed by atoms with Gasteiger partial charge in [0, 0.05) is 11.4 Å². The van der Waals surface area contributed by atoms with Crippen LogP contribution in [-0.4, -0.2) is 42.0 Å². The number of rotatable bonds is 9. The Hall–Kier alpha value is -3.03. The molecule has 1 amide bonds. The quantitative estimate of drug-likeness (QED) is 0.274. The third-order valence-electron chi connectivity index (χ3n) is 5.81. The Bertz CT molecular complexity index is 1310. The Morgan fingerprint density at radius 1 is 1.26 bits per heavy atom. The van der Waals surface area contributed by atoms with Crippen LogP contribution in [-0.2, 0) is 30.6 Å². The second-order valence-electron chi connectivity index (χ2n) is 7.91. The molecule has 34 heavy (non-hydrogen) atoms. The van der Waals surface area contributed by atoms with Gasteiger partial charge in [-0.15, -0.1) is 11.3 Å². The van der Waals surface area contributed by atoms with E-state index in [4.69, 9.17) is 19.7 Å². The number of methoxy groups -OCH3 is 2. The van der Waals surface area contributed by atoms with Gasteiger partial charge in [0.25, 0.3) is 5.56 Å². The van der Waals surface area contributed by atoms with E-state index in [1.165, 1.54) is 16.6 Å². The molecule has 1 aliphatic rings. The molecule has 1 aliphatic carbocycles. The van der Waals surface area contributed by atoms with Crippen LogP contribution >= 0.6 is 23.1 Å². The van der Waals surface area contributed by atoms with Gasteiger partial charge in [-0.1, -0.05) is 17.8 Å². The number of hydrogen-bond acceptors (Lipinski definition) is 8. The summed E-state index contributed by atoms with van der Waals surface area (Å²) in [6, 6.07) is 7.60. The number of thiophene rings is 1. The normalized spacial score (nSPS) is 12.7. The predicted molar refractivity (Wildman–Crippen MR) is 133 cm³/mol. The van der Waals surface area contributed by atoms with Crippen molar-refractivity contribution in [2.45, 2.75) is 43.8 Å². The van der Waals surface area contributed by atoms with Crippen LogP contribution in [0.4, 0.5) is 0 Å². The highest BCUT2D eigenvalue weighted by Crippen LogP contribution is 2.35. The fourth-order valence-electron chi connectivity index (χ4n) is 4.12. The van der Waals surface area contributed by atoms with E-state index in [0.717, 1.165) is 47.0 Å². The largest absolute Gasteiger partial charge is 0.493 e. The van der Waals surface area contributed by atoms with Gasteiger partial charge in [-0.05, 0) is 55.4 Å². The molecule has 2 aromatic heterocycles. The third-order valence-corrected chi connectivity index (χ3v) is 7.97. The SMILES string of the molecule is COc1ccc(CCn2c(SCC(=O)NCC#N)nc3sc4c(c3c2=O)CCCC4)cc1OC. The first kappa shape index (κ1) is 24.1. The van der Waals surface area contributed by atoms with Crippen LogP contribution in [0.5, 0.6) is 11.5 Å². The van der Waals surface area contributed by atoms with E-state index in [1.54, 1.807) is 30.1 Å². The van der Waals surface area contributed by atoms with Crippen LogP contribution in [0.3, 0.4) is 0 Å². The van der Waals surface area contributed by atoms with Gasteiger partial charge in [0.05, 0.1) is 31.4 Å². The number of aryl methyl sites for hydroxylation is 3. The minimum Gasteiger partial charge on any atom is -0.493 e. The average Bonchev–Trinajstić information content (AvgIpc) is 3.24. The minimum absolute atomic E-state index is 0.0460. The summed E-state index contributed by atoms with van der Waals surface area (Å²) in [6.45, 7) is 0.375. The molecule has 0 saturated heterocycles. The lowest BCUT2D eigenvalue weighted by Crippen LogP contribution is -2.27. The fraction of sp³-hybridized carbons (Fsp3) is 0.417. The molecule has 0 atom stereocenters. The number of carbonyl (C=O) groups is 1. The van der Waals surface area contributed by atoms with Crippen molar-refractivity contribution in [2.24, 2.45) is 0 Å². The molecule has 1 aromatic carbocycles. The molecule has 0 spiro atoms. The lowest BCUT2D eigenvalue weighted by atomic mass is 9.97. The van der Waals surface area contributed by atoms with Gasteiger partial charge in [0.2, 0.25) is 5.91 Å². The molecule has 178 valence electrons. The summed E-state index contributed by atoms with van der Waals surface area (Å²) >= 11 is 2.82. The van der Waals surface area contributed by atoms with Crippen LogP contribution < -0.4 is 20.3 Å². The Kier molecular flexibility index (Phi) is 7.75. The molecule has 2 heterocycles. The Labute approximate surface area is 205 Å². The second kappa shape index (κ2) is 10.9. The number of benzene rings is 1. The van der Waals surface area contributed by atoms with Crippen LogP contribution in [0.25, 0.3) is 10.2 Å². The first-order valence-corrected chi connectivity index (χ1v) is 12.9. The van der Waals surface area contributed by atoms with Crippen molar-refractivity contribution in [1.82, 2.24) is 14.9 Å². The highest BCUT2D eigenvalue weighted by Gasteiger charge is 2.22. The van der Waals surface area contributed by atoms with Gasteiger partial charge in [0.15, 0.2) is 16.7 Å². The maximum absolute atomic E-state index is 13.7. The second-order valence-corrected chi connectivity index (χ2v) is 9.93. The van der Waals surface area contributed by atoms with Crippen LogP contribution in [0.2, 0.25) is 0 Å². The summed E-state index contributed by atoms with van der Waals surface area (Å²) < 4.78 is 12.4. The van der Waals surface area contributed by atoms with Crippen molar-refractivity contribution in [3.8, 4) is 17.6 Å². The number of ether oxygens (including phenoxy) is 2. The number of hydrogen-bond donors (Lipinski definition) is 1. The Morgan fingerprint density at radius 3 is 2.82 bits per heavy atom. The summed E-state index contributed by atoms with van der Waals surface area (Å²) in [5, 5.41) is 12.5.